The number of amides is 1. The van der Waals surface area contributed by atoms with E-state index in [4.69, 9.17) is 27.9 Å². The van der Waals surface area contributed by atoms with Gasteiger partial charge < -0.3 is 15.2 Å². The minimum atomic E-state index is -0.824. The molecule has 2 N–H and O–H groups in total. The van der Waals surface area contributed by atoms with E-state index in [1.165, 1.54) is 12.1 Å². The fraction of sp³-hybridized carbons (Fsp3) is 0.188. The molecule has 22 heavy (non-hydrogen) atoms. The predicted molar refractivity (Wildman–Crippen MR) is 86.7 cm³/mol. The van der Waals surface area contributed by atoms with E-state index in [2.05, 4.69) is 5.32 Å². The molecule has 0 aliphatic heterocycles. The van der Waals surface area contributed by atoms with Crippen LogP contribution in [-0.2, 0) is 0 Å². The van der Waals surface area contributed by atoms with E-state index >= 15 is 0 Å². The SMILES string of the molecule is O=C(NC[C@H](O)COc1ccccc1)c1ccc(Cl)cc1Cl. The maximum Gasteiger partial charge on any atom is 0.252 e. The minimum absolute atomic E-state index is 0.0601. The van der Waals surface area contributed by atoms with Gasteiger partial charge >= 0.3 is 0 Å². The summed E-state index contributed by atoms with van der Waals surface area (Å²) < 4.78 is 5.40. The number of rotatable bonds is 6. The Morgan fingerprint density at radius 2 is 1.91 bits per heavy atom. The van der Waals surface area contributed by atoms with Crippen molar-refractivity contribution < 1.29 is 14.6 Å². The Labute approximate surface area is 138 Å². The molecule has 2 aromatic rings. The average Bonchev–Trinajstić information content (AvgIpc) is 2.51. The van der Waals surface area contributed by atoms with Gasteiger partial charge in [0.05, 0.1) is 10.6 Å². The van der Waals surface area contributed by atoms with Gasteiger partial charge in [0, 0.05) is 11.6 Å². The molecular formula is C16H15Cl2NO3. The highest BCUT2D eigenvalue weighted by Crippen LogP contribution is 2.20. The van der Waals surface area contributed by atoms with E-state index in [1.807, 2.05) is 18.2 Å². The van der Waals surface area contributed by atoms with Crippen LogP contribution in [0.3, 0.4) is 0 Å². The number of para-hydroxylation sites is 1. The molecule has 0 heterocycles. The number of aliphatic hydroxyl groups excluding tert-OH is 1. The van der Waals surface area contributed by atoms with E-state index in [0.717, 1.165) is 0 Å². The Kier molecular flexibility index (Phi) is 6.07. The van der Waals surface area contributed by atoms with Gasteiger partial charge in [-0.3, -0.25) is 4.79 Å². The summed E-state index contributed by atoms with van der Waals surface area (Å²) in [6, 6.07) is 13.7. The number of nitrogens with one attached hydrogen (secondary N) is 1. The Balaban J connectivity index is 1.80. The van der Waals surface area contributed by atoms with Gasteiger partial charge in [-0.25, -0.2) is 0 Å². The highest BCUT2D eigenvalue weighted by atomic mass is 35.5. The summed E-state index contributed by atoms with van der Waals surface area (Å²) in [6.07, 6.45) is -0.824. The molecule has 1 amide bonds. The van der Waals surface area contributed by atoms with Gasteiger partial charge in [0.15, 0.2) is 0 Å². The van der Waals surface area contributed by atoms with Crippen LogP contribution in [0, 0.1) is 0 Å². The molecule has 0 aliphatic carbocycles. The highest BCUT2D eigenvalue weighted by Gasteiger charge is 2.13. The molecule has 0 bridgehead atoms. The zero-order chi connectivity index (χ0) is 15.9. The lowest BCUT2D eigenvalue weighted by molar-refractivity contribution is 0.0844. The van der Waals surface area contributed by atoms with Crippen LogP contribution < -0.4 is 10.1 Å². The Bertz CT molecular complexity index is 635. The quantitative estimate of drug-likeness (QED) is 0.849. The van der Waals surface area contributed by atoms with Crippen LogP contribution in [0.1, 0.15) is 10.4 Å². The largest absolute Gasteiger partial charge is 0.491 e. The average molecular weight is 340 g/mol. The summed E-state index contributed by atoms with van der Waals surface area (Å²) in [7, 11) is 0. The second kappa shape index (κ2) is 8.03. The number of carbonyl (C=O) groups excluding carboxylic acids is 1. The molecule has 1 atom stereocenters. The molecule has 4 nitrogen and oxygen atoms in total. The molecule has 2 aromatic carbocycles. The standard InChI is InChI=1S/C16H15Cl2NO3/c17-11-6-7-14(15(18)8-11)16(21)19-9-12(20)10-22-13-4-2-1-3-5-13/h1-8,12,20H,9-10H2,(H,19,21)/t12-/m0/s1. The highest BCUT2D eigenvalue weighted by molar-refractivity contribution is 6.36. The number of hydrogen-bond donors (Lipinski definition) is 2. The first-order valence-corrected chi connectivity index (χ1v) is 7.41. The summed E-state index contributed by atoms with van der Waals surface area (Å²) in [4.78, 5) is 12.0. The molecule has 6 heteroatoms. The van der Waals surface area contributed by atoms with Crippen molar-refractivity contribution in [2.45, 2.75) is 6.10 Å². The molecule has 0 fully saturated rings. The fourth-order valence-electron chi connectivity index (χ4n) is 1.75. The number of ether oxygens (including phenoxy) is 1. The molecular weight excluding hydrogens is 325 g/mol. The van der Waals surface area contributed by atoms with Gasteiger partial charge in [-0.15, -0.1) is 0 Å². The van der Waals surface area contributed by atoms with Gasteiger partial charge in [-0.2, -0.15) is 0 Å². The third kappa shape index (κ3) is 4.91. The van der Waals surface area contributed by atoms with Crippen LogP contribution in [0.25, 0.3) is 0 Å². The van der Waals surface area contributed by atoms with Crippen LogP contribution in [0.5, 0.6) is 5.75 Å². The van der Waals surface area contributed by atoms with E-state index < -0.39 is 6.10 Å². The van der Waals surface area contributed by atoms with Gasteiger partial charge in [-0.1, -0.05) is 41.4 Å². The number of aliphatic hydroxyl groups is 1. The van der Waals surface area contributed by atoms with Crippen molar-refractivity contribution in [1.29, 1.82) is 0 Å². The maximum atomic E-state index is 12.0. The Morgan fingerprint density at radius 1 is 1.18 bits per heavy atom. The summed E-state index contributed by atoms with van der Waals surface area (Å²) in [5.74, 6) is 0.286. The molecule has 0 unspecified atom stereocenters. The minimum Gasteiger partial charge on any atom is -0.491 e. The number of carbonyl (C=O) groups is 1. The van der Waals surface area contributed by atoms with E-state index in [-0.39, 0.29) is 24.1 Å². The lowest BCUT2D eigenvalue weighted by atomic mass is 10.2. The zero-order valence-corrected chi connectivity index (χ0v) is 13.1. The Hall–Kier alpha value is -1.75. The van der Waals surface area contributed by atoms with Crippen molar-refractivity contribution >= 4 is 29.1 Å². The number of benzene rings is 2. The van der Waals surface area contributed by atoms with Crippen molar-refractivity contribution in [1.82, 2.24) is 5.32 Å². The summed E-state index contributed by atoms with van der Waals surface area (Å²) in [6.45, 7) is 0.142. The maximum absolute atomic E-state index is 12.0. The lowest BCUT2D eigenvalue weighted by Crippen LogP contribution is -2.35. The second-order valence-corrected chi connectivity index (χ2v) is 5.46. The molecule has 0 saturated carbocycles. The number of halogens is 2. The number of hydrogen-bond acceptors (Lipinski definition) is 3. The first-order chi connectivity index (χ1) is 10.6. The third-order valence-electron chi connectivity index (χ3n) is 2.86. The molecule has 0 saturated heterocycles. The third-order valence-corrected chi connectivity index (χ3v) is 3.41. The summed E-state index contributed by atoms with van der Waals surface area (Å²) in [5.41, 5.74) is 0.308. The van der Waals surface area contributed by atoms with Crippen LogP contribution in [-0.4, -0.2) is 30.3 Å². The van der Waals surface area contributed by atoms with Gasteiger partial charge in [0.1, 0.15) is 18.5 Å². The van der Waals surface area contributed by atoms with Crippen molar-refractivity contribution in [2.24, 2.45) is 0 Å². The smallest absolute Gasteiger partial charge is 0.252 e. The molecule has 116 valence electrons. The first kappa shape index (κ1) is 16.6. The van der Waals surface area contributed by atoms with Crippen LogP contribution in [0.4, 0.5) is 0 Å². The normalized spacial score (nSPS) is 11.8. The first-order valence-electron chi connectivity index (χ1n) is 6.65. The molecule has 2 rings (SSSR count). The van der Waals surface area contributed by atoms with Gasteiger partial charge in [0.2, 0.25) is 0 Å². The van der Waals surface area contributed by atoms with Crippen molar-refractivity contribution in [3.63, 3.8) is 0 Å². The monoisotopic (exact) mass is 339 g/mol. The van der Waals surface area contributed by atoms with E-state index in [9.17, 15) is 9.90 Å². The summed E-state index contributed by atoms with van der Waals surface area (Å²) >= 11 is 11.7. The Morgan fingerprint density at radius 3 is 2.59 bits per heavy atom. The fourth-order valence-corrected chi connectivity index (χ4v) is 2.24. The predicted octanol–water partition coefficient (Wildman–Crippen LogP) is 3.16. The molecule has 0 aliphatic rings. The van der Waals surface area contributed by atoms with Crippen LogP contribution in [0.2, 0.25) is 10.0 Å². The van der Waals surface area contributed by atoms with Crippen molar-refractivity contribution in [2.75, 3.05) is 13.2 Å². The molecule has 0 radical (unpaired) electrons. The molecule has 0 aromatic heterocycles. The molecule has 0 spiro atoms. The summed E-state index contributed by atoms with van der Waals surface area (Å²) in [5, 5.41) is 13.1. The van der Waals surface area contributed by atoms with Crippen molar-refractivity contribution in [3.05, 3.63) is 64.1 Å². The van der Waals surface area contributed by atoms with Gasteiger partial charge in [-0.05, 0) is 30.3 Å². The topological polar surface area (TPSA) is 58.6 Å². The van der Waals surface area contributed by atoms with E-state index in [0.29, 0.717) is 16.3 Å². The van der Waals surface area contributed by atoms with E-state index in [1.54, 1.807) is 18.2 Å². The second-order valence-electron chi connectivity index (χ2n) is 4.61. The van der Waals surface area contributed by atoms with Crippen LogP contribution in [0.15, 0.2) is 48.5 Å². The van der Waals surface area contributed by atoms with Crippen molar-refractivity contribution in [3.8, 4) is 5.75 Å². The lowest BCUT2D eigenvalue weighted by Gasteiger charge is -2.13. The zero-order valence-electron chi connectivity index (χ0n) is 11.6. The van der Waals surface area contributed by atoms with Crippen LogP contribution >= 0.6 is 23.2 Å². The van der Waals surface area contributed by atoms with Gasteiger partial charge in [0.25, 0.3) is 5.91 Å².